The lowest BCUT2D eigenvalue weighted by atomic mass is 10.1. The first-order valence-corrected chi connectivity index (χ1v) is 5.75. The summed E-state index contributed by atoms with van der Waals surface area (Å²) in [6.45, 7) is 0.966. The fourth-order valence-electron chi connectivity index (χ4n) is 2.14. The molecule has 1 aliphatic rings. The zero-order valence-corrected chi connectivity index (χ0v) is 9.25. The predicted octanol–water partition coefficient (Wildman–Crippen LogP) is 1.33. The van der Waals surface area contributed by atoms with E-state index in [1.807, 2.05) is 30.3 Å². The summed E-state index contributed by atoms with van der Waals surface area (Å²) < 4.78 is 5.52. The highest BCUT2D eigenvalue weighted by Gasteiger charge is 2.33. The van der Waals surface area contributed by atoms with Crippen molar-refractivity contribution in [2.24, 2.45) is 5.92 Å². The minimum atomic E-state index is -0.411. The maximum atomic E-state index is 9.62. The molecule has 0 aromatic heterocycles. The molecule has 2 N–H and O–H groups in total. The Morgan fingerprint density at radius 1 is 1.06 bits per heavy atom. The molecule has 0 aliphatic heterocycles. The molecular formula is C13H18O3. The quantitative estimate of drug-likeness (QED) is 0.808. The van der Waals surface area contributed by atoms with Crippen LogP contribution in [0.3, 0.4) is 0 Å². The number of aliphatic hydroxyl groups is 2. The largest absolute Gasteiger partial charge is 0.393 e. The molecule has 2 unspecified atom stereocenters. The maximum absolute atomic E-state index is 9.62. The summed E-state index contributed by atoms with van der Waals surface area (Å²) in [6, 6.07) is 9.91. The summed E-state index contributed by atoms with van der Waals surface area (Å²) in [5.74, 6) is -0.122. The molecule has 2 atom stereocenters. The van der Waals surface area contributed by atoms with Crippen molar-refractivity contribution in [3.8, 4) is 0 Å². The molecule has 0 bridgehead atoms. The summed E-state index contributed by atoms with van der Waals surface area (Å²) in [5.41, 5.74) is 1.12. The average Bonchev–Trinajstić information content (AvgIpc) is 2.62. The van der Waals surface area contributed by atoms with Gasteiger partial charge in [-0.3, -0.25) is 0 Å². The van der Waals surface area contributed by atoms with Gasteiger partial charge in [0.15, 0.2) is 0 Å². The van der Waals surface area contributed by atoms with Crippen LogP contribution in [0.15, 0.2) is 30.3 Å². The Morgan fingerprint density at radius 3 is 2.31 bits per heavy atom. The monoisotopic (exact) mass is 222 g/mol. The Kier molecular flexibility index (Phi) is 3.93. The minimum Gasteiger partial charge on any atom is -0.393 e. The lowest BCUT2D eigenvalue weighted by Crippen LogP contribution is -2.27. The van der Waals surface area contributed by atoms with Gasteiger partial charge in [0.2, 0.25) is 0 Å². The zero-order valence-electron chi connectivity index (χ0n) is 9.25. The van der Waals surface area contributed by atoms with Crippen molar-refractivity contribution in [1.29, 1.82) is 0 Å². The fraction of sp³-hybridized carbons (Fsp3) is 0.538. The molecule has 88 valence electrons. The molecule has 1 aliphatic carbocycles. The lowest BCUT2D eigenvalue weighted by Gasteiger charge is -2.17. The van der Waals surface area contributed by atoms with Gasteiger partial charge in [0.05, 0.1) is 25.4 Å². The van der Waals surface area contributed by atoms with E-state index >= 15 is 0 Å². The highest BCUT2D eigenvalue weighted by Crippen LogP contribution is 2.26. The standard InChI is InChI=1S/C13H18O3/c14-12-6-7-13(15)11(12)9-16-8-10-4-2-1-3-5-10/h1-5,11-15H,6-9H2. The molecule has 0 heterocycles. The van der Waals surface area contributed by atoms with Crippen molar-refractivity contribution in [2.75, 3.05) is 6.61 Å². The summed E-state index contributed by atoms with van der Waals surface area (Å²) in [4.78, 5) is 0. The van der Waals surface area contributed by atoms with Crippen LogP contribution in [0.25, 0.3) is 0 Å². The molecule has 0 radical (unpaired) electrons. The second-order valence-corrected chi connectivity index (χ2v) is 4.38. The van der Waals surface area contributed by atoms with Crippen molar-refractivity contribution in [3.63, 3.8) is 0 Å². The molecule has 1 saturated carbocycles. The molecule has 3 heteroatoms. The Hall–Kier alpha value is -0.900. The maximum Gasteiger partial charge on any atom is 0.0717 e. The van der Waals surface area contributed by atoms with Gasteiger partial charge in [-0.1, -0.05) is 30.3 Å². The Balaban J connectivity index is 1.76. The van der Waals surface area contributed by atoms with Gasteiger partial charge in [0, 0.05) is 5.92 Å². The van der Waals surface area contributed by atoms with Crippen LogP contribution in [0.1, 0.15) is 18.4 Å². The van der Waals surface area contributed by atoms with E-state index in [1.165, 1.54) is 0 Å². The van der Waals surface area contributed by atoms with E-state index in [0.29, 0.717) is 26.1 Å². The van der Waals surface area contributed by atoms with Gasteiger partial charge in [0.25, 0.3) is 0 Å². The van der Waals surface area contributed by atoms with Crippen molar-refractivity contribution < 1.29 is 14.9 Å². The van der Waals surface area contributed by atoms with Gasteiger partial charge in [-0.15, -0.1) is 0 Å². The Morgan fingerprint density at radius 2 is 1.69 bits per heavy atom. The zero-order chi connectivity index (χ0) is 11.4. The third-order valence-corrected chi connectivity index (χ3v) is 3.17. The van der Waals surface area contributed by atoms with Crippen LogP contribution in [-0.4, -0.2) is 29.0 Å². The summed E-state index contributed by atoms with van der Waals surface area (Å²) in [6.07, 6.45) is 0.540. The summed E-state index contributed by atoms with van der Waals surface area (Å²) in [5, 5.41) is 19.2. The molecule has 0 saturated heterocycles. The molecule has 0 spiro atoms. The first-order chi connectivity index (χ1) is 7.77. The van der Waals surface area contributed by atoms with Crippen LogP contribution in [0.2, 0.25) is 0 Å². The molecule has 1 aromatic carbocycles. The first kappa shape index (κ1) is 11.6. The van der Waals surface area contributed by atoms with Gasteiger partial charge in [0.1, 0.15) is 0 Å². The van der Waals surface area contributed by atoms with Gasteiger partial charge < -0.3 is 14.9 Å². The fourth-order valence-corrected chi connectivity index (χ4v) is 2.14. The van der Waals surface area contributed by atoms with E-state index in [0.717, 1.165) is 5.56 Å². The second-order valence-electron chi connectivity index (χ2n) is 4.38. The van der Waals surface area contributed by atoms with Crippen molar-refractivity contribution in [2.45, 2.75) is 31.7 Å². The third kappa shape index (κ3) is 2.82. The smallest absolute Gasteiger partial charge is 0.0717 e. The van der Waals surface area contributed by atoms with Crippen molar-refractivity contribution >= 4 is 0 Å². The molecule has 0 amide bonds. The first-order valence-electron chi connectivity index (χ1n) is 5.75. The number of aliphatic hydroxyl groups excluding tert-OH is 2. The van der Waals surface area contributed by atoms with Crippen LogP contribution >= 0.6 is 0 Å². The molecule has 16 heavy (non-hydrogen) atoms. The third-order valence-electron chi connectivity index (χ3n) is 3.17. The van der Waals surface area contributed by atoms with Gasteiger partial charge in [-0.2, -0.15) is 0 Å². The normalized spacial score (nSPS) is 29.5. The number of hydrogen-bond acceptors (Lipinski definition) is 3. The summed E-state index contributed by atoms with van der Waals surface area (Å²) in [7, 11) is 0. The van der Waals surface area contributed by atoms with Gasteiger partial charge in [-0.05, 0) is 18.4 Å². The van der Waals surface area contributed by atoms with E-state index in [4.69, 9.17) is 4.74 Å². The number of ether oxygens (including phenoxy) is 1. The van der Waals surface area contributed by atoms with Crippen LogP contribution in [0.5, 0.6) is 0 Å². The molecular weight excluding hydrogens is 204 g/mol. The number of hydrogen-bond donors (Lipinski definition) is 2. The molecule has 1 fully saturated rings. The highest BCUT2D eigenvalue weighted by atomic mass is 16.5. The Labute approximate surface area is 95.7 Å². The van der Waals surface area contributed by atoms with Gasteiger partial charge in [-0.25, -0.2) is 0 Å². The van der Waals surface area contributed by atoms with Crippen molar-refractivity contribution in [1.82, 2.24) is 0 Å². The molecule has 2 rings (SSSR count). The lowest BCUT2D eigenvalue weighted by molar-refractivity contribution is -0.00728. The Bertz CT molecular complexity index is 302. The topological polar surface area (TPSA) is 49.7 Å². The van der Waals surface area contributed by atoms with E-state index in [9.17, 15) is 10.2 Å². The van der Waals surface area contributed by atoms with Crippen LogP contribution < -0.4 is 0 Å². The van der Waals surface area contributed by atoms with E-state index in [-0.39, 0.29) is 5.92 Å². The minimum absolute atomic E-state index is 0.122. The number of benzene rings is 1. The SMILES string of the molecule is OC1CCC(O)C1COCc1ccccc1. The van der Waals surface area contributed by atoms with Gasteiger partial charge >= 0.3 is 0 Å². The molecule has 1 aromatic rings. The highest BCUT2D eigenvalue weighted by molar-refractivity contribution is 5.13. The second kappa shape index (κ2) is 5.43. The van der Waals surface area contributed by atoms with Crippen LogP contribution in [-0.2, 0) is 11.3 Å². The van der Waals surface area contributed by atoms with E-state index < -0.39 is 12.2 Å². The van der Waals surface area contributed by atoms with Crippen molar-refractivity contribution in [3.05, 3.63) is 35.9 Å². The van der Waals surface area contributed by atoms with Crippen LogP contribution in [0, 0.1) is 5.92 Å². The predicted molar refractivity (Wildman–Crippen MR) is 60.8 cm³/mol. The summed E-state index contributed by atoms with van der Waals surface area (Å²) >= 11 is 0. The van der Waals surface area contributed by atoms with E-state index in [1.54, 1.807) is 0 Å². The average molecular weight is 222 g/mol. The number of rotatable bonds is 4. The van der Waals surface area contributed by atoms with Crippen LogP contribution in [0.4, 0.5) is 0 Å². The van der Waals surface area contributed by atoms with E-state index in [2.05, 4.69) is 0 Å². The molecule has 3 nitrogen and oxygen atoms in total.